The summed E-state index contributed by atoms with van der Waals surface area (Å²) in [6.07, 6.45) is 0. The highest BCUT2D eigenvalue weighted by molar-refractivity contribution is 7.16. The Hall–Kier alpha value is -0.970. The quantitative estimate of drug-likeness (QED) is 0.888. The molecule has 0 aliphatic heterocycles. The van der Waals surface area contributed by atoms with E-state index in [1.54, 1.807) is 13.1 Å². The van der Waals surface area contributed by atoms with Crippen LogP contribution in [0.3, 0.4) is 0 Å². The van der Waals surface area contributed by atoms with Crippen LogP contribution in [0.1, 0.15) is 22.0 Å². The second-order valence-corrected chi connectivity index (χ2v) is 5.69. The molecule has 2 aromatic rings. The molecule has 0 aliphatic rings. The Morgan fingerprint density at radius 2 is 1.94 bits per heavy atom. The van der Waals surface area contributed by atoms with Crippen LogP contribution in [0.2, 0.25) is 4.34 Å². The number of rotatable bonds is 3. The van der Waals surface area contributed by atoms with E-state index in [0.29, 0.717) is 9.90 Å². The molecule has 0 fully saturated rings. The molecule has 96 valence electrons. The molecular formula is C13H12ClF2NS. The minimum absolute atomic E-state index is 0.184. The fourth-order valence-electron chi connectivity index (χ4n) is 1.79. The molecule has 1 unspecified atom stereocenters. The van der Waals surface area contributed by atoms with E-state index in [2.05, 4.69) is 5.32 Å². The largest absolute Gasteiger partial charge is 0.309 e. The van der Waals surface area contributed by atoms with Crippen LogP contribution >= 0.6 is 22.9 Å². The number of hydrogen-bond donors (Lipinski definition) is 1. The Balaban J connectivity index is 2.41. The zero-order valence-electron chi connectivity index (χ0n) is 9.93. The topological polar surface area (TPSA) is 12.0 Å². The molecular weight excluding hydrogens is 276 g/mol. The number of benzene rings is 1. The molecule has 0 bridgehead atoms. The van der Waals surface area contributed by atoms with Gasteiger partial charge in [-0.25, -0.2) is 8.78 Å². The van der Waals surface area contributed by atoms with E-state index in [4.69, 9.17) is 11.6 Å². The molecule has 0 aliphatic carbocycles. The summed E-state index contributed by atoms with van der Waals surface area (Å²) in [5, 5.41) is 3.08. The summed E-state index contributed by atoms with van der Waals surface area (Å²) in [6.45, 7) is 1.92. The summed E-state index contributed by atoms with van der Waals surface area (Å²) in [6, 6.07) is 5.69. The average molecular weight is 288 g/mol. The van der Waals surface area contributed by atoms with Gasteiger partial charge in [-0.1, -0.05) is 17.7 Å². The maximum absolute atomic E-state index is 13.3. The second kappa shape index (κ2) is 5.34. The standard InChI is InChI=1S/C13H12ClF2NS/c1-7-5-11(18-13(7)14)12(17-2)8-3-4-9(15)10(16)6-8/h3-6,12,17H,1-2H3. The molecule has 1 heterocycles. The van der Waals surface area contributed by atoms with Crippen molar-refractivity contribution in [3.05, 3.63) is 56.2 Å². The van der Waals surface area contributed by atoms with E-state index in [1.165, 1.54) is 17.4 Å². The third-order valence-corrected chi connectivity index (χ3v) is 4.35. The predicted molar refractivity (Wildman–Crippen MR) is 71.3 cm³/mol. The van der Waals surface area contributed by atoms with Gasteiger partial charge in [0, 0.05) is 4.88 Å². The lowest BCUT2D eigenvalue weighted by molar-refractivity contribution is 0.505. The number of aryl methyl sites for hydroxylation is 1. The van der Waals surface area contributed by atoms with Crippen LogP contribution in [0, 0.1) is 18.6 Å². The molecule has 0 saturated carbocycles. The molecule has 0 amide bonds. The van der Waals surface area contributed by atoms with Crippen LogP contribution in [-0.4, -0.2) is 7.05 Å². The number of hydrogen-bond acceptors (Lipinski definition) is 2. The van der Waals surface area contributed by atoms with E-state index in [0.717, 1.165) is 16.5 Å². The van der Waals surface area contributed by atoms with E-state index >= 15 is 0 Å². The highest BCUT2D eigenvalue weighted by atomic mass is 35.5. The summed E-state index contributed by atoms with van der Waals surface area (Å²) in [7, 11) is 1.77. The van der Waals surface area contributed by atoms with Crippen LogP contribution in [0.15, 0.2) is 24.3 Å². The van der Waals surface area contributed by atoms with Gasteiger partial charge < -0.3 is 5.32 Å². The highest BCUT2D eigenvalue weighted by Crippen LogP contribution is 2.34. The van der Waals surface area contributed by atoms with Crippen molar-refractivity contribution in [1.82, 2.24) is 5.32 Å². The van der Waals surface area contributed by atoms with E-state index in [1.807, 2.05) is 13.0 Å². The van der Waals surface area contributed by atoms with Crippen LogP contribution in [0.25, 0.3) is 0 Å². The molecule has 2 rings (SSSR count). The first-order chi connectivity index (χ1) is 8.52. The van der Waals surface area contributed by atoms with Gasteiger partial charge in [-0.3, -0.25) is 0 Å². The van der Waals surface area contributed by atoms with Crippen molar-refractivity contribution in [1.29, 1.82) is 0 Å². The van der Waals surface area contributed by atoms with Gasteiger partial charge in [-0.15, -0.1) is 11.3 Å². The van der Waals surface area contributed by atoms with Crippen molar-refractivity contribution >= 4 is 22.9 Å². The maximum Gasteiger partial charge on any atom is 0.159 e. The molecule has 18 heavy (non-hydrogen) atoms. The lowest BCUT2D eigenvalue weighted by Gasteiger charge is -2.15. The summed E-state index contributed by atoms with van der Waals surface area (Å²) >= 11 is 7.47. The molecule has 0 spiro atoms. The van der Waals surface area contributed by atoms with Gasteiger partial charge in [0.25, 0.3) is 0 Å². The minimum atomic E-state index is -0.841. The Bertz CT molecular complexity index is 549. The van der Waals surface area contributed by atoms with E-state index in [9.17, 15) is 8.78 Å². The van der Waals surface area contributed by atoms with Crippen LogP contribution < -0.4 is 5.32 Å². The van der Waals surface area contributed by atoms with Crippen molar-refractivity contribution in [2.45, 2.75) is 13.0 Å². The van der Waals surface area contributed by atoms with Crippen molar-refractivity contribution in [2.24, 2.45) is 0 Å². The van der Waals surface area contributed by atoms with Crippen molar-refractivity contribution in [2.75, 3.05) is 7.05 Å². The van der Waals surface area contributed by atoms with Gasteiger partial charge in [-0.2, -0.15) is 0 Å². The van der Waals surface area contributed by atoms with Crippen molar-refractivity contribution in [3.63, 3.8) is 0 Å². The first-order valence-electron chi connectivity index (χ1n) is 5.41. The molecule has 0 radical (unpaired) electrons. The first kappa shape index (κ1) is 13.5. The zero-order chi connectivity index (χ0) is 13.3. The Morgan fingerprint density at radius 3 is 2.44 bits per heavy atom. The zero-order valence-corrected chi connectivity index (χ0v) is 11.5. The smallest absolute Gasteiger partial charge is 0.159 e. The van der Waals surface area contributed by atoms with E-state index in [-0.39, 0.29) is 6.04 Å². The lowest BCUT2D eigenvalue weighted by Crippen LogP contribution is -2.16. The Labute approximate surface area is 113 Å². The van der Waals surface area contributed by atoms with Crippen molar-refractivity contribution in [3.8, 4) is 0 Å². The van der Waals surface area contributed by atoms with Gasteiger partial charge in [0.2, 0.25) is 0 Å². The normalized spacial score (nSPS) is 12.7. The van der Waals surface area contributed by atoms with E-state index < -0.39 is 11.6 Å². The van der Waals surface area contributed by atoms with Gasteiger partial charge in [-0.05, 0) is 43.3 Å². The fraction of sp³-hybridized carbons (Fsp3) is 0.231. The van der Waals surface area contributed by atoms with Crippen LogP contribution in [-0.2, 0) is 0 Å². The average Bonchev–Trinajstić information content (AvgIpc) is 2.65. The first-order valence-corrected chi connectivity index (χ1v) is 6.60. The molecule has 5 heteroatoms. The molecule has 1 aromatic carbocycles. The molecule has 1 atom stereocenters. The Morgan fingerprint density at radius 1 is 1.22 bits per heavy atom. The predicted octanol–water partition coefficient (Wildman–Crippen LogP) is 4.30. The monoisotopic (exact) mass is 287 g/mol. The third kappa shape index (κ3) is 2.55. The van der Waals surface area contributed by atoms with Crippen LogP contribution in [0.4, 0.5) is 8.78 Å². The van der Waals surface area contributed by atoms with Crippen molar-refractivity contribution < 1.29 is 8.78 Å². The molecule has 1 N–H and O–H groups in total. The Kier molecular flexibility index (Phi) is 4.00. The summed E-state index contributed by atoms with van der Waals surface area (Å²) in [5.41, 5.74) is 1.66. The fourth-order valence-corrected chi connectivity index (χ4v) is 3.15. The molecule has 0 saturated heterocycles. The number of thiophene rings is 1. The maximum atomic E-state index is 13.3. The molecule has 1 aromatic heterocycles. The third-order valence-electron chi connectivity index (χ3n) is 2.73. The van der Waals surface area contributed by atoms with Gasteiger partial charge in [0.1, 0.15) is 0 Å². The molecule has 1 nitrogen and oxygen atoms in total. The highest BCUT2D eigenvalue weighted by Gasteiger charge is 2.17. The second-order valence-electron chi connectivity index (χ2n) is 4.00. The summed E-state index contributed by atoms with van der Waals surface area (Å²) < 4.78 is 26.9. The lowest BCUT2D eigenvalue weighted by atomic mass is 10.0. The van der Waals surface area contributed by atoms with Gasteiger partial charge >= 0.3 is 0 Å². The minimum Gasteiger partial charge on any atom is -0.309 e. The van der Waals surface area contributed by atoms with Gasteiger partial charge in [0.15, 0.2) is 11.6 Å². The van der Waals surface area contributed by atoms with Gasteiger partial charge in [0.05, 0.1) is 10.4 Å². The summed E-state index contributed by atoms with van der Waals surface area (Å²) in [5.74, 6) is -1.68. The van der Waals surface area contributed by atoms with Crippen LogP contribution in [0.5, 0.6) is 0 Å². The number of nitrogens with one attached hydrogen (secondary N) is 1. The summed E-state index contributed by atoms with van der Waals surface area (Å²) in [4.78, 5) is 0.978. The number of halogens is 3. The SMILES string of the molecule is CNC(c1ccc(F)c(F)c1)c1cc(C)c(Cl)s1.